The van der Waals surface area contributed by atoms with E-state index in [1.54, 1.807) is 30.3 Å². The quantitative estimate of drug-likeness (QED) is 0.628. The van der Waals surface area contributed by atoms with Gasteiger partial charge in [-0.2, -0.15) is 0 Å². The summed E-state index contributed by atoms with van der Waals surface area (Å²) in [6.07, 6.45) is 0. The maximum Gasteiger partial charge on any atom is 0.269 e. The molecule has 110 valence electrons. The van der Waals surface area contributed by atoms with Crippen molar-refractivity contribution in [2.24, 2.45) is 0 Å². The van der Waals surface area contributed by atoms with Gasteiger partial charge >= 0.3 is 0 Å². The molecule has 0 saturated carbocycles. The van der Waals surface area contributed by atoms with Gasteiger partial charge in [-0.25, -0.2) is 8.42 Å². The second kappa shape index (κ2) is 5.92. The maximum absolute atomic E-state index is 12.3. The van der Waals surface area contributed by atoms with Crippen LogP contribution in [0.4, 0.5) is 11.4 Å². The average molecular weight is 306 g/mol. The maximum atomic E-state index is 12.3. The number of benzene rings is 2. The minimum atomic E-state index is -3.54. The van der Waals surface area contributed by atoms with E-state index in [2.05, 4.69) is 0 Å². The summed E-state index contributed by atoms with van der Waals surface area (Å²) in [5.74, 6) is -0.212. The van der Waals surface area contributed by atoms with E-state index >= 15 is 0 Å². The predicted molar refractivity (Wildman–Crippen MR) is 80.6 cm³/mol. The van der Waals surface area contributed by atoms with E-state index in [0.29, 0.717) is 11.3 Å². The molecule has 0 unspecified atom stereocenters. The lowest BCUT2D eigenvalue weighted by molar-refractivity contribution is -0.384. The summed E-state index contributed by atoms with van der Waals surface area (Å²) in [5.41, 5.74) is 1.01. The van der Waals surface area contributed by atoms with Gasteiger partial charge in [0, 0.05) is 19.2 Å². The van der Waals surface area contributed by atoms with E-state index in [-0.39, 0.29) is 11.4 Å². The second-order valence-corrected chi connectivity index (χ2v) is 6.48. The molecule has 21 heavy (non-hydrogen) atoms. The first-order chi connectivity index (χ1) is 9.90. The van der Waals surface area contributed by atoms with Gasteiger partial charge in [-0.05, 0) is 17.7 Å². The van der Waals surface area contributed by atoms with Gasteiger partial charge in [-0.15, -0.1) is 0 Å². The Morgan fingerprint density at radius 3 is 2.14 bits per heavy atom. The van der Waals surface area contributed by atoms with Crippen LogP contribution in [0.5, 0.6) is 0 Å². The molecule has 0 aromatic heterocycles. The third-order valence-corrected chi connectivity index (χ3v) is 4.78. The zero-order valence-corrected chi connectivity index (χ0v) is 12.2. The number of nitro benzene ring substituents is 1. The van der Waals surface area contributed by atoms with Gasteiger partial charge in [0.1, 0.15) is 0 Å². The van der Waals surface area contributed by atoms with E-state index in [1.807, 2.05) is 0 Å². The SMILES string of the molecule is CN(c1ccccc1)S(=O)(=O)Cc1ccc([N+](=O)[O-])cc1. The second-order valence-electron chi connectivity index (χ2n) is 4.48. The molecule has 0 aliphatic rings. The van der Waals surface area contributed by atoms with Gasteiger partial charge in [-0.3, -0.25) is 14.4 Å². The van der Waals surface area contributed by atoms with Gasteiger partial charge in [0.25, 0.3) is 5.69 Å². The molecule has 0 bridgehead atoms. The molecule has 0 heterocycles. The molecule has 7 heteroatoms. The number of sulfonamides is 1. The minimum Gasteiger partial charge on any atom is -0.273 e. The standard InChI is InChI=1S/C14H14N2O4S/c1-15(13-5-3-2-4-6-13)21(19,20)11-12-7-9-14(10-8-12)16(17)18/h2-10H,11H2,1H3. The number of rotatable bonds is 5. The monoisotopic (exact) mass is 306 g/mol. The largest absolute Gasteiger partial charge is 0.273 e. The van der Waals surface area contributed by atoms with Crippen molar-refractivity contribution in [2.75, 3.05) is 11.4 Å². The van der Waals surface area contributed by atoms with Crippen LogP contribution in [-0.2, 0) is 15.8 Å². The summed E-state index contributed by atoms with van der Waals surface area (Å²) in [4.78, 5) is 10.1. The number of anilines is 1. The summed E-state index contributed by atoms with van der Waals surface area (Å²) in [6.45, 7) is 0. The van der Waals surface area contributed by atoms with Crippen molar-refractivity contribution in [3.05, 3.63) is 70.3 Å². The Kier molecular flexibility index (Phi) is 4.23. The summed E-state index contributed by atoms with van der Waals surface area (Å²) < 4.78 is 25.8. The van der Waals surface area contributed by atoms with Gasteiger partial charge in [0.05, 0.1) is 16.4 Å². The van der Waals surface area contributed by atoms with Crippen LogP contribution >= 0.6 is 0 Å². The molecule has 0 radical (unpaired) electrons. The van der Waals surface area contributed by atoms with Gasteiger partial charge in [0.2, 0.25) is 10.0 Å². The highest BCUT2D eigenvalue weighted by molar-refractivity contribution is 7.92. The molecule has 6 nitrogen and oxygen atoms in total. The Morgan fingerprint density at radius 1 is 1.05 bits per heavy atom. The Labute approximate surface area is 122 Å². The van der Waals surface area contributed by atoms with Crippen molar-refractivity contribution >= 4 is 21.4 Å². The van der Waals surface area contributed by atoms with Crippen LogP contribution in [0.2, 0.25) is 0 Å². The van der Waals surface area contributed by atoms with Crippen LogP contribution in [0, 0.1) is 10.1 Å². The first-order valence-electron chi connectivity index (χ1n) is 6.15. The third kappa shape index (κ3) is 3.57. The highest BCUT2D eigenvalue weighted by Crippen LogP contribution is 2.19. The number of para-hydroxylation sites is 1. The predicted octanol–water partition coefficient (Wildman–Crippen LogP) is 2.56. The van der Waals surface area contributed by atoms with E-state index in [1.165, 1.54) is 35.6 Å². The van der Waals surface area contributed by atoms with Crippen LogP contribution in [-0.4, -0.2) is 20.4 Å². The molecule has 0 N–H and O–H groups in total. The summed E-state index contributed by atoms with van der Waals surface area (Å²) >= 11 is 0. The molecule has 0 amide bonds. The fourth-order valence-electron chi connectivity index (χ4n) is 1.82. The lowest BCUT2D eigenvalue weighted by Crippen LogP contribution is -2.27. The fourth-order valence-corrected chi connectivity index (χ4v) is 3.07. The molecule has 2 aromatic rings. The number of hydrogen-bond acceptors (Lipinski definition) is 4. The molecule has 2 aromatic carbocycles. The van der Waals surface area contributed by atoms with E-state index in [4.69, 9.17) is 0 Å². The topological polar surface area (TPSA) is 80.5 Å². The molecule has 0 spiro atoms. The first-order valence-corrected chi connectivity index (χ1v) is 7.76. The van der Waals surface area contributed by atoms with Crippen molar-refractivity contribution in [2.45, 2.75) is 5.75 Å². The zero-order valence-electron chi connectivity index (χ0n) is 11.3. The smallest absolute Gasteiger partial charge is 0.269 e. The minimum absolute atomic E-state index is 0.0624. The normalized spacial score (nSPS) is 11.1. The van der Waals surface area contributed by atoms with Crippen LogP contribution in [0.25, 0.3) is 0 Å². The number of hydrogen-bond donors (Lipinski definition) is 0. The van der Waals surface area contributed by atoms with Gasteiger partial charge < -0.3 is 0 Å². The zero-order chi connectivity index (χ0) is 15.5. The van der Waals surface area contributed by atoms with Crippen molar-refractivity contribution < 1.29 is 13.3 Å². The summed E-state index contributed by atoms with van der Waals surface area (Å²) in [7, 11) is -2.05. The van der Waals surface area contributed by atoms with Crippen LogP contribution in [0.15, 0.2) is 54.6 Å². The van der Waals surface area contributed by atoms with Gasteiger partial charge in [0.15, 0.2) is 0 Å². The molecule has 0 fully saturated rings. The van der Waals surface area contributed by atoms with Crippen LogP contribution in [0.1, 0.15) is 5.56 Å². The first kappa shape index (κ1) is 15.0. The Balaban J connectivity index is 2.19. The highest BCUT2D eigenvalue weighted by atomic mass is 32.2. The number of nitro groups is 1. The van der Waals surface area contributed by atoms with Crippen molar-refractivity contribution in [1.29, 1.82) is 0 Å². The molecule has 0 saturated heterocycles. The Bertz CT molecular complexity index is 727. The van der Waals surface area contributed by atoms with Crippen molar-refractivity contribution in [3.63, 3.8) is 0 Å². The average Bonchev–Trinajstić information content (AvgIpc) is 2.47. The van der Waals surface area contributed by atoms with Crippen LogP contribution in [0.3, 0.4) is 0 Å². The molecule has 2 rings (SSSR count). The molecule has 0 atom stereocenters. The Morgan fingerprint density at radius 2 is 1.62 bits per heavy atom. The lowest BCUT2D eigenvalue weighted by atomic mass is 10.2. The third-order valence-electron chi connectivity index (χ3n) is 3.03. The molecular weight excluding hydrogens is 292 g/mol. The van der Waals surface area contributed by atoms with Crippen molar-refractivity contribution in [1.82, 2.24) is 0 Å². The Hall–Kier alpha value is -2.41. The van der Waals surface area contributed by atoms with Gasteiger partial charge in [-0.1, -0.05) is 30.3 Å². The van der Waals surface area contributed by atoms with E-state index < -0.39 is 14.9 Å². The van der Waals surface area contributed by atoms with E-state index in [0.717, 1.165) is 0 Å². The molecule has 0 aliphatic heterocycles. The van der Waals surface area contributed by atoms with E-state index in [9.17, 15) is 18.5 Å². The molecule has 0 aliphatic carbocycles. The lowest BCUT2D eigenvalue weighted by Gasteiger charge is -2.19. The van der Waals surface area contributed by atoms with Crippen LogP contribution < -0.4 is 4.31 Å². The fraction of sp³-hybridized carbons (Fsp3) is 0.143. The summed E-state index contributed by atoms with van der Waals surface area (Å²) in [6, 6.07) is 14.2. The highest BCUT2D eigenvalue weighted by Gasteiger charge is 2.19. The van der Waals surface area contributed by atoms with Crippen molar-refractivity contribution in [3.8, 4) is 0 Å². The summed E-state index contributed by atoms with van der Waals surface area (Å²) in [5, 5.41) is 10.6. The number of nitrogens with zero attached hydrogens (tertiary/aromatic N) is 2. The molecular formula is C14H14N2O4S. The number of non-ortho nitro benzene ring substituents is 1.